The topological polar surface area (TPSA) is 4.93 Å². The van der Waals surface area contributed by atoms with Gasteiger partial charge < -0.3 is 4.57 Å². The zero-order chi connectivity index (χ0) is 24.8. The highest BCUT2D eigenvalue weighted by Crippen LogP contribution is 2.51. The van der Waals surface area contributed by atoms with Crippen LogP contribution in [-0.4, -0.2) is 4.57 Å². The molecule has 0 atom stereocenters. The Kier molecular flexibility index (Phi) is 3.90. The number of hydrogen-bond acceptors (Lipinski definition) is 0. The lowest BCUT2D eigenvalue weighted by atomic mass is 9.93. The Hall–Kier alpha value is -4.88. The molecule has 6 aromatic carbocycles. The molecule has 0 unspecified atom stereocenters. The van der Waals surface area contributed by atoms with Crippen LogP contribution in [0.15, 0.2) is 127 Å². The Morgan fingerprint density at radius 3 is 1.89 bits per heavy atom. The van der Waals surface area contributed by atoms with Crippen molar-refractivity contribution in [1.29, 1.82) is 0 Å². The first-order valence-electron chi connectivity index (χ1n) is 13.3. The van der Waals surface area contributed by atoms with E-state index in [1.54, 1.807) is 0 Å². The van der Waals surface area contributed by atoms with Gasteiger partial charge in [-0.2, -0.15) is 0 Å². The molecule has 7 aromatic rings. The molecule has 2 aliphatic rings. The van der Waals surface area contributed by atoms with Crippen LogP contribution >= 0.6 is 0 Å². The number of rotatable bonds is 2. The summed E-state index contributed by atoms with van der Waals surface area (Å²) >= 11 is 0. The molecular formula is C37H23N. The third-order valence-electron chi connectivity index (χ3n) is 8.59. The fraction of sp³-hybridized carbons (Fsp3) is 0.0270. The second kappa shape index (κ2) is 7.34. The van der Waals surface area contributed by atoms with Gasteiger partial charge in [0.05, 0.1) is 11.0 Å². The minimum absolute atomic E-state index is 1.02. The first-order chi connectivity index (χ1) is 18.8. The van der Waals surface area contributed by atoms with Crippen LogP contribution in [0.1, 0.15) is 22.3 Å². The summed E-state index contributed by atoms with van der Waals surface area (Å²) in [5, 5.41) is 5.35. The molecule has 2 aliphatic carbocycles. The lowest BCUT2D eigenvalue weighted by Crippen LogP contribution is -1.94. The third-order valence-corrected chi connectivity index (χ3v) is 8.59. The highest BCUT2D eigenvalue weighted by atomic mass is 15.0. The second-order valence-corrected chi connectivity index (χ2v) is 10.5. The van der Waals surface area contributed by atoms with E-state index in [4.69, 9.17) is 0 Å². The predicted molar refractivity (Wildman–Crippen MR) is 160 cm³/mol. The van der Waals surface area contributed by atoms with Crippen molar-refractivity contribution in [1.82, 2.24) is 4.57 Å². The lowest BCUT2D eigenvalue weighted by molar-refractivity contribution is 1.18. The van der Waals surface area contributed by atoms with Gasteiger partial charge >= 0.3 is 0 Å². The molecule has 0 N–H and O–H groups in total. The molecule has 176 valence electrons. The maximum Gasteiger partial charge on any atom is 0.0541 e. The molecule has 0 spiro atoms. The zero-order valence-electron chi connectivity index (χ0n) is 20.8. The van der Waals surface area contributed by atoms with Crippen LogP contribution in [0.4, 0.5) is 0 Å². The fourth-order valence-electron chi connectivity index (χ4n) is 6.93. The van der Waals surface area contributed by atoms with Crippen LogP contribution in [0, 0.1) is 0 Å². The molecule has 1 heteroatoms. The number of allylic oxidation sites excluding steroid dienone is 1. The van der Waals surface area contributed by atoms with E-state index in [1.165, 1.54) is 82.8 Å². The number of hydrogen-bond donors (Lipinski definition) is 0. The van der Waals surface area contributed by atoms with Crippen molar-refractivity contribution in [2.24, 2.45) is 0 Å². The van der Waals surface area contributed by atoms with E-state index < -0.39 is 0 Å². The highest BCUT2D eigenvalue weighted by molar-refractivity contribution is 6.20. The van der Waals surface area contributed by atoms with E-state index in [1.807, 2.05) is 0 Å². The second-order valence-electron chi connectivity index (χ2n) is 10.5. The summed E-state index contributed by atoms with van der Waals surface area (Å²) in [6.45, 7) is 0. The number of fused-ring (bicyclic) bond motifs is 7. The fourth-order valence-corrected chi connectivity index (χ4v) is 6.93. The molecule has 0 aliphatic heterocycles. The van der Waals surface area contributed by atoms with Crippen molar-refractivity contribution in [2.75, 3.05) is 0 Å². The predicted octanol–water partition coefficient (Wildman–Crippen LogP) is 9.43. The molecule has 0 saturated carbocycles. The Bertz CT molecular complexity index is 2080. The van der Waals surface area contributed by atoms with E-state index in [0.717, 1.165) is 6.42 Å². The van der Waals surface area contributed by atoms with Crippen LogP contribution in [0.5, 0.6) is 0 Å². The van der Waals surface area contributed by atoms with Crippen LogP contribution in [0.2, 0.25) is 0 Å². The maximum atomic E-state index is 2.41. The minimum atomic E-state index is 1.02. The summed E-state index contributed by atoms with van der Waals surface area (Å²) in [5.74, 6) is 0. The standard InChI is InChI=1S/C37H23N/c1-3-13-34-28(9-1)29-10-2-4-14-35(29)38(34)27-19-17-23(18-20-27)25-15-16-26-22-33-30-11-5-7-24-8-6-12-31(36(24)30)37(33)32(26)21-25/h1-21H,22H2. The van der Waals surface area contributed by atoms with Crippen LogP contribution < -0.4 is 0 Å². The van der Waals surface area contributed by atoms with E-state index in [0.29, 0.717) is 0 Å². The molecule has 38 heavy (non-hydrogen) atoms. The first kappa shape index (κ1) is 20.2. The Balaban J connectivity index is 1.16. The van der Waals surface area contributed by atoms with Crippen LogP contribution in [-0.2, 0) is 6.42 Å². The van der Waals surface area contributed by atoms with Gasteiger partial charge in [0.1, 0.15) is 0 Å². The summed E-state index contributed by atoms with van der Waals surface area (Å²) in [7, 11) is 0. The molecule has 1 aromatic heterocycles. The summed E-state index contributed by atoms with van der Waals surface area (Å²) < 4.78 is 2.38. The van der Waals surface area contributed by atoms with Gasteiger partial charge in [0.15, 0.2) is 0 Å². The monoisotopic (exact) mass is 481 g/mol. The largest absolute Gasteiger partial charge is 0.309 e. The molecule has 1 heterocycles. The smallest absolute Gasteiger partial charge is 0.0541 e. The Morgan fingerprint density at radius 2 is 1.16 bits per heavy atom. The number of aromatic nitrogens is 1. The van der Waals surface area contributed by atoms with Crippen molar-refractivity contribution in [3.05, 3.63) is 150 Å². The van der Waals surface area contributed by atoms with Crippen molar-refractivity contribution in [2.45, 2.75) is 6.42 Å². The number of nitrogens with zero attached hydrogens (tertiary/aromatic N) is 1. The van der Waals surface area contributed by atoms with Crippen molar-refractivity contribution < 1.29 is 0 Å². The van der Waals surface area contributed by atoms with Gasteiger partial charge in [0.2, 0.25) is 0 Å². The minimum Gasteiger partial charge on any atom is -0.309 e. The molecule has 0 bridgehead atoms. The molecule has 1 nitrogen and oxygen atoms in total. The quantitative estimate of drug-likeness (QED) is 0.232. The first-order valence-corrected chi connectivity index (χ1v) is 13.3. The van der Waals surface area contributed by atoms with Gasteiger partial charge in [0, 0.05) is 16.5 Å². The average Bonchev–Trinajstić information content (AvgIpc) is 3.62. The van der Waals surface area contributed by atoms with E-state index >= 15 is 0 Å². The average molecular weight is 482 g/mol. The Labute approximate surface area is 220 Å². The summed E-state index contributed by atoms with van der Waals surface area (Å²) in [4.78, 5) is 0. The number of para-hydroxylation sites is 2. The van der Waals surface area contributed by atoms with Gasteiger partial charge in [-0.25, -0.2) is 0 Å². The van der Waals surface area contributed by atoms with Crippen molar-refractivity contribution >= 4 is 43.7 Å². The van der Waals surface area contributed by atoms with Gasteiger partial charge in [0.25, 0.3) is 0 Å². The Morgan fingerprint density at radius 1 is 0.500 bits per heavy atom. The molecule has 0 saturated heterocycles. The van der Waals surface area contributed by atoms with Crippen LogP contribution in [0.3, 0.4) is 0 Å². The molecular weight excluding hydrogens is 458 g/mol. The van der Waals surface area contributed by atoms with E-state index in [-0.39, 0.29) is 0 Å². The van der Waals surface area contributed by atoms with E-state index in [2.05, 4.69) is 132 Å². The maximum absolute atomic E-state index is 2.41. The SMILES string of the molecule is c1cc2c3c(cccc3c1)C1=C2Cc2ccc(-c3ccc(-n4c5ccccc5c5ccccc54)cc3)cc21. The van der Waals surface area contributed by atoms with Gasteiger partial charge in [-0.15, -0.1) is 0 Å². The third kappa shape index (κ3) is 2.60. The molecule has 0 radical (unpaired) electrons. The van der Waals surface area contributed by atoms with Gasteiger partial charge in [-0.3, -0.25) is 0 Å². The zero-order valence-corrected chi connectivity index (χ0v) is 20.8. The van der Waals surface area contributed by atoms with Crippen LogP contribution in [0.25, 0.3) is 60.5 Å². The summed E-state index contributed by atoms with van der Waals surface area (Å²) in [5.41, 5.74) is 14.8. The normalized spacial score (nSPS) is 13.6. The van der Waals surface area contributed by atoms with Crippen molar-refractivity contribution in [3.63, 3.8) is 0 Å². The summed E-state index contributed by atoms with van der Waals surface area (Å²) in [6.07, 6.45) is 1.02. The lowest BCUT2D eigenvalue weighted by Gasteiger charge is -2.12. The summed E-state index contributed by atoms with van der Waals surface area (Å²) in [6, 6.07) is 47.0. The van der Waals surface area contributed by atoms with Crippen molar-refractivity contribution in [3.8, 4) is 16.8 Å². The highest BCUT2D eigenvalue weighted by Gasteiger charge is 2.31. The molecule has 0 fully saturated rings. The van der Waals surface area contributed by atoms with Gasteiger partial charge in [-0.05, 0) is 92.1 Å². The van der Waals surface area contributed by atoms with E-state index in [9.17, 15) is 0 Å². The van der Waals surface area contributed by atoms with Gasteiger partial charge in [-0.1, -0.05) is 97.1 Å². The number of benzene rings is 6. The molecule has 0 amide bonds. The molecule has 9 rings (SSSR count).